The SMILES string of the molecule is [2H]C1(Oc2cc(-c3ccccc3OC)ccc2C#N)CC2CCC1(C)C2(C)C. The summed E-state index contributed by atoms with van der Waals surface area (Å²) >= 11 is 0. The number of methoxy groups -OCH3 is 1. The molecular formula is C24H27NO2. The number of hydrogen-bond donors (Lipinski definition) is 0. The fourth-order valence-corrected chi connectivity index (χ4v) is 4.94. The highest BCUT2D eigenvalue weighted by molar-refractivity contribution is 5.72. The van der Waals surface area contributed by atoms with Gasteiger partial charge in [-0.2, -0.15) is 5.26 Å². The summed E-state index contributed by atoms with van der Waals surface area (Å²) in [5.74, 6) is 1.75. The largest absolute Gasteiger partial charge is 0.496 e. The lowest BCUT2D eigenvalue weighted by Gasteiger charge is -2.39. The molecule has 2 aliphatic rings. The smallest absolute Gasteiger partial charge is 0.138 e. The average molecular weight is 362 g/mol. The highest BCUT2D eigenvalue weighted by Crippen LogP contribution is 2.66. The van der Waals surface area contributed by atoms with Crippen LogP contribution in [0, 0.1) is 28.1 Å². The van der Waals surface area contributed by atoms with E-state index in [1.165, 1.54) is 0 Å². The zero-order valence-corrected chi connectivity index (χ0v) is 16.5. The molecule has 2 saturated carbocycles. The summed E-state index contributed by atoms with van der Waals surface area (Å²) in [6.07, 6.45) is 1.83. The van der Waals surface area contributed by atoms with E-state index in [0.29, 0.717) is 23.7 Å². The molecule has 2 aromatic carbocycles. The maximum atomic E-state index is 9.62. The van der Waals surface area contributed by atoms with E-state index >= 15 is 0 Å². The normalized spacial score (nSPS) is 31.2. The predicted molar refractivity (Wildman–Crippen MR) is 107 cm³/mol. The number of rotatable bonds is 4. The molecule has 140 valence electrons. The molecule has 3 unspecified atom stereocenters. The first-order valence-electron chi connectivity index (χ1n) is 10.1. The van der Waals surface area contributed by atoms with Gasteiger partial charge in [0, 0.05) is 11.0 Å². The molecule has 2 fully saturated rings. The third-order valence-corrected chi connectivity index (χ3v) is 7.24. The van der Waals surface area contributed by atoms with Crippen LogP contribution in [0.2, 0.25) is 0 Å². The first-order valence-corrected chi connectivity index (χ1v) is 9.62. The fraction of sp³-hybridized carbons (Fsp3) is 0.458. The van der Waals surface area contributed by atoms with Crippen LogP contribution in [0.3, 0.4) is 0 Å². The Balaban J connectivity index is 1.76. The second-order valence-corrected chi connectivity index (χ2v) is 8.54. The lowest BCUT2D eigenvalue weighted by molar-refractivity contribution is 0.0300. The number of nitriles is 1. The first-order chi connectivity index (χ1) is 13.3. The molecule has 27 heavy (non-hydrogen) atoms. The number of para-hydroxylation sites is 1. The van der Waals surface area contributed by atoms with Gasteiger partial charge in [-0.3, -0.25) is 0 Å². The Morgan fingerprint density at radius 2 is 1.93 bits per heavy atom. The van der Waals surface area contributed by atoms with Gasteiger partial charge in [0.1, 0.15) is 23.6 Å². The molecule has 3 nitrogen and oxygen atoms in total. The molecule has 3 atom stereocenters. The second-order valence-electron chi connectivity index (χ2n) is 8.54. The topological polar surface area (TPSA) is 42.2 Å². The van der Waals surface area contributed by atoms with Crippen molar-refractivity contribution in [2.24, 2.45) is 16.7 Å². The van der Waals surface area contributed by atoms with Crippen LogP contribution in [0.1, 0.15) is 47.0 Å². The quantitative estimate of drug-likeness (QED) is 0.687. The van der Waals surface area contributed by atoms with E-state index in [2.05, 4.69) is 26.8 Å². The van der Waals surface area contributed by atoms with E-state index in [1.54, 1.807) is 13.2 Å². The van der Waals surface area contributed by atoms with Crippen LogP contribution in [-0.4, -0.2) is 13.2 Å². The van der Waals surface area contributed by atoms with E-state index in [-0.39, 0.29) is 10.8 Å². The second kappa shape index (κ2) is 6.30. The highest BCUT2D eigenvalue weighted by Gasteiger charge is 2.62. The predicted octanol–water partition coefficient (Wildman–Crippen LogP) is 5.83. The van der Waals surface area contributed by atoms with Crippen molar-refractivity contribution in [1.82, 2.24) is 0 Å². The first kappa shape index (κ1) is 16.7. The lowest BCUT2D eigenvalue weighted by atomic mass is 9.70. The van der Waals surface area contributed by atoms with Crippen molar-refractivity contribution < 1.29 is 10.8 Å². The molecular weight excluding hydrogens is 334 g/mol. The van der Waals surface area contributed by atoms with E-state index in [0.717, 1.165) is 29.7 Å². The van der Waals surface area contributed by atoms with Gasteiger partial charge >= 0.3 is 0 Å². The van der Waals surface area contributed by atoms with Gasteiger partial charge in [-0.25, -0.2) is 0 Å². The minimum Gasteiger partial charge on any atom is -0.496 e. The van der Waals surface area contributed by atoms with E-state index < -0.39 is 6.08 Å². The molecule has 0 spiro atoms. The minimum absolute atomic E-state index is 0.0574. The van der Waals surface area contributed by atoms with Crippen LogP contribution < -0.4 is 9.47 Å². The van der Waals surface area contributed by atoms with Crippen molar-refractivity contribution >= 4 is 0 Å². The summed E-state index contributed by atoms with van der Waals surface area (Å²) in [5, 5.41) is 9.62. The third kappa shape index (κ3) is 2.62. The molecule has 2 bridgehead atoms. The van der Waals surface area contributed by atoms with Gasteiger partial charge in [0.15, 0.2) is 0 Å². The van der Waals surface area contributed by atoms with Crippen LogP contribution in [0.15, 0.2) is 42.5 Å². The monoisotopic (exact) mass is 362 g/mol. The molecule has 0 heterocycles. The summed E-state index contributed by atoms with van der Waals surface area (Å²) in [6, 6.07) is 15.6. The van der Waals surface area contributed by atoms with Gasteiger partial charge in [0.25, 0.3) is 0 Å². The van der Waals surface area contributed by atoms with Crippen LogP contribution in [0.25, 0.3) is 11.1 Å². The molecule has 0 aliphatic heterocycles. The van der Waals surface area contributed by atoms with Gasteiger partial charge in [-0.1, -0.05) is 45.0 Å². The summed E-state index contributed by atoms with van der Waals surface area (Å²) < 4.78 is 21.1. The Morgan fingerprint density at radius 1 is 1.15 bits per heavy atom. The number of nitrogens with zero attached hydrogens (tertiary/aromatic N) is 1. The summed E-state index contributed by atoms with van der Waals surface area (Å²) in [7, 11) is 1.65. The number of ether oxygens (including phenoxy) is 2. The third-order valence-electron chi connectivity index (χ3n) is 7.24. The van der Waals surface area contributed by atoms with E-state index in [9.17, 15) is 6.63 Å². The summed E-state index contributed by atoms with van der Waals surface area (Å²) in [6.45, 7) is 6.71. The van der Waals surface area contributed by atoms with E-state index in [1.807, 2.05) is 36.4 Å². The Hall–Kier alpha value is -2.47. The number of benzene rings is 2. The average Bonchev–Trinajstić information content (AvgIpc) is 2.99. The Labute approximate surface area is 163 Å². The van der Waals surface area contributed by atoms with Crippen LogP contribution in [0.4, 0.5) is 0 Å². The minimum atomic E-state index is -1.02. The van der Waals surface area contributed by atoms with E-state index in [4.69, 9.17) is 9.47 Å². The maximum Gasteiger partial charge on any atom is 0.138 e. The van der Waals surface area contributed by atoms with Gasteiger partial charge in [-0.15, -0.1) is 0 Å². The summed E-state index contributed by atoms with van der Waals surface area (Å²) in [4.78, 5) is 0. The van der Waals surface area contributed by atoms with Crippen LogP contribution >= 0.6 is 0 Å². The summed E-state index contributed by atoms with van der Waals surface area (Å²) in [5.41, 5.74) is 2.15. The van der Waals surface area contributed by atoms with Crippen molar-refractivity contribution in [2.75, 3.05) is 7.11 Å². The van der Waals surface area contributed by atoms with Gasteiger partial charge < -0.3 is 9.47 Å². The van der Waals surface area contributed by atoms with Gasteiger partial charge in [0.2, 0.25) is 0 Å². The van der Waals surface area contributed by atoms with Crippen molar-refractivity contribution in [2.45, 2.75) is 46.1 Å². The van der Waals surface area contributed by atoms with Crippen molar-refractivity contribution in [3.05, 3.63) is 48.0 Å². The molecule has 0 N–H and O–H groups in total. The highest BCUT2D eigenvalue weighted by atomic mass is 16.5. The fourth-order valence-electron chi connectivity index (χ4n) is 4.94. The zero-order chi connectivity index (χ0) is 20.2. The Kier molecular flexibility index (Phi) is 3.90. The molecule has 4 rings (SSSR count). The van der Waals surface area contributed by atoms with Crippen molar-refractivity contribution in [3.63, 3.8) is 0 Å². The Morgan fingerprint density at radius 3 is 2.56 bits per heavy atom. The lowest BCUT2D eigenvalue weighted by Crippen LogP contribution is -2.39. The van der Waals surface area contributed by atoms with Gasteiger partial charge in [-0.05, 0) is 54.4 Å². The molecule has 2 aliphatic carbocycles. The molecule has 0 aromatic heterocycles. The standard InChI is InChI=1S/C24H27NO2/c1-23(2)18-11-12-24(23,3)22(14-18)27-21-13-16(9-10-17(21)15-25)19-7-5-6-8-20(19)26-4/h5-10,13,18,22H,11-12,14H2,1-4H3/i22D. The maximum absolute atomic E-state index is 9.62. The van der Waals surface area contributed by atoms with Crippen LogP contribution in [0.5, 0.6) is 11.5 Å². The number of fused-ring (bicyclic) bond motifs is 2. The Bertz CT molecular complexity index is 963. The molecule has 0 saturated heterocycles. The molecule has 3 heteroatoms. The zero-order valence-electron chi connectivity index (χ0n) is 17.5. The number of hydrogen-bond acceptors (Lipinski definition) is 3. The van der Waals surface area contributed by atoms with Crippen LogP contribution in [-0.2, 0) is 0 Å². The molecule has 2 aromatic rings. The van der Waals surface area contributed by atoms with Gasteiger partial charge in [0.05, 0.1) is 14.0 Å². The van der Waals surface area contributed by atoms with Crippen molar-refractivity contribution in [1.29, 1.82) is 5.26 Å². The molecule has 0 radical (unpaired) electrons. The van der Waals surface area contributed by atoms with Crippen molar-refractivity contribution in [3.8, 4) is 28.7 Å². The molecule has 0 amide bonds.